The van der Waals surface area contributed by atoms with E-state index in [2.05, 4.69) is 61.5 Å². The highest BCUT2D eigenvalue weighted by atomic mass is 16.3. The van der Waals surface area contributed by atoms with Crippen molar-refractivity contribution in [1.82, 2.24) is 0 Å². The van der Waals surface area contributed by atoms with E-state index in [0.29, 0.717) is 22.2 Å². The molecule has 2 unspecified atom stereocenters. The summed E-state index contributed by atoms with van der Waals surface area (Å²) in [5, 5.41) is 10.8. The highest BCUT2D eigenvalue weighted by Gasteiger charge is 2.63. The Hall–Kier alpha value is -0.560. The second kappa shape index (κ2) is 7.75. The molecule has 7 atom stereocenters. The lowest BCUT2D eigenvalue weighted by Crippen LogP contribution is -2.55. The van der Waals surface area contributed by atoms with Crippen LogP contribution in [0.25, 0.3) is 0 Å². The van der Waals surface area contributed by atoms with Gasteiger partial charge >= 0.3 is 0 Å². The molecule has 2 saturated carbocycles. The van der Waals surface area contributed by atoms with Gasteiger partial charge < -0.3 is 5.11 Å². The van der Waals surface area contributed by atoms with Gasteiger partial charge in [0.15, 0.2) is 0 Å². The van der Waals surface area contributed by atoms with Crippen molar-refractivity contribution in [2.45, 2.75) is 126 Å². The van der Waals surface area contributed by atoms with Crippen LogP contribution in [-0.4, -0.2) is 11.2 Å². The normalized spacial score (nSPS) is 44.9. The van der Waals surface area contributed by atoms with Crippen LogP contribution < -0.4 is 0 Å². The Balaban J connectivity index is 1.65. The lowest BCUT2D eigenvalue weighted by atomic mass is 9.43. The van der Waals surface area contributed by atoms with Crippen molar-refractivity contribution in [1.29, 1.82) is 0 Å². The van der Waals surface area contributed by atoms with E-state index in [1.807, 2.05) is 11.1 Å². The molecule has 0 spiro atoms. The van der Waals surface area contributed by atoms with Gasteiger partial charge in [0.05, 0.1) is 6.10 Å². The Labute approximate surface area is 193 Å². The summed E-state index contributed by atoms with van der Waals surface area (Å²) in [7, 11) is 0. The molecule has 0 bridgehead atoms. The summed E-state index contributed by atoms with van der Waals surface area (Å²) in [6, 6.07) is 0. The molecule has 1 nitrogen and oxygen atoms in total. The molecular weight excluding hydrogens is 376 g/mol. The number of aliphatic hydroxyl groups is 1. The second-order valence-electron chi connectivity index (χ2n) is 13.6. The maximum absolute atomic E-state index is 10.8. The minimum atomic E-state index is -0.130. The van der Waals surface area contributed by atoms with Crippen molar-refractivity contribution < 1.29 is 5.11 Å². The summed E-state index contributed by atoms with van der Waals surface area (Å²) >= 11 is 0. The molecule has 1 N–H and O–H groups in total. The molecule has 0 aliphatic heterocycles. The first-order valence-corrected chi connectivity index (χ1v) is 13.4. The Morgan fingerprint density at radius 1 is 0.968 bits per heavy atom. The Kier molecular flexibility index (Phi) is 5.90. The topological polar surface area (TPSA) is 20.2 Å². The molecule has 0 saturated heterocycles. The van der Waals surface area contributed by atoms with Crippen molar-refractivity contribution >= 4 is 0 Å². The summed E-state index contributed by atoms with van der Waals surface area (Å²) in [4.78, 5) is 0. The van der Waals surface area contributed by atoms with Crippen LogP contribution >= 0.6 is 0 Å². The van der Waals surface area contributed by atoms with Crippen molar-refractivity contribution in [3.05, 3.63) is 22.8 Å². The number of fused-ring (bicyclic) bond motifs is 4. The summed E-state index contributed by atoms with van der Waals surface area (Å²) < 4.78 is 0. The van der Waals surface area contributed by atoms with E-state index in [-0.39, 0.29) is 11.5 Å². The van der Waals surface area contributed by atoms with E-state index in [0.717, 1.165) is 18.3 Å². The number of aliphatic hydroxyl groups excluding tert-OH is 1. The van der Waals surface area contributed by atoms with Crippen LogP contribution in [0.1, 0.15) is 120 Å². The fourth-order valence-electron chi connectivity index (χ4n) is 9.47. The van der Waals surface area contributed by atoms with Crippen LogP contribution in [0.15, 0.2) is 22.8 Å². The zero-order valence-corrected chi connectivity index (χ0v) is 21.9. The van der Waals surface area contributed by atoms with Crippen molar-refractivity contribution in [3.8, 4) is 0 Å². The third-order valence-corrected chi connectivity index (χ3v) is 11.7. The van der Waals surface area contributed by atoms with Crippen molar-refractivity contribution in [2.24, 2.45) is 39.4 Å². The molecule has 0 aromatic heterocycles. The number of hydrogen-bond acceptors (Lipinski definition) is 1. The largest absolute Gasteiger partial charge is 0.393 e. The highest BCUT2D eigenvalue weighted by Crippen LogP contribution is 2.72. The Morgan fingerprint density at radius 3 is 2.35 bits per heavy atom. The van der Waals surface area contributed by atoms with Gasteiger partial charge in [-0.3, -0.25) is 0 Å². The van der Waals surface area contributed by atoms with Crippen LogP contribution in [0.5, 0.6) is 0 Å². The first kappa shape index (κ1) is 23.6. The lowest BCUT2D eigenvalue weighted by Gasteiger charge is -2.62. The van der Waals surface area contributed by atoms with Gasteiger partial charge in [0.1, 0.15) is 0 Å². The van der Waals surface area contributed by atoms with E-state index in [4.69, 9.17) is 0 Å². The molecule has 0 aromatic rings. The highest BCUT2D eigenvalue weighted by molar-refractivity contribution is 5.38. The molecule has 0 amide bonds. The Bertz CT molecular complexity index is 767. The maximum atomic E-state index is 10.8. The molecule has 31 heavy (non-hydrogen) atoms. The molecule has 4 aliphatic rings. The zero-order valence-electron chi connectivity index (χ0n) is 21.9. The van der Waals surface area contributed by atoms with Gasteiger partial charge in [-0.2, -0.15) is 0 Å². The van der Waals surface area contributed by atoms with E-state index < -0.39 is 0 Å². The predicted molar refractivity (Wildman–Crippen MR) is 133 cm³/mol. The first-order chi connectivity index (χ1) is 14.4. The molecule has 0 heterocycles. The molecule has 4 rings (SSSR count). The van der Waals surface area contributed by atoms with Gasteiger partial charge in [-0.05, 0) is 117 Å². The fraction of sp³-hybridized carbons (Fsp3) is 0.867. The molecule has 1 heteroatoms. The smallest absolute Gasteiger partial charge is 0.0594 e. The van der Waals surface area contributed by atoms with Crippen molar-refractivity contribution in [3.63, 3.8) is 0 Å². The number of rotatable bonds is 4. The Morgan fingerprint density at radius 2 is 1.68 bits per heavy atom. The van der Waals surface area contributed by atoms with E-state index in [1.54, 1.807) is 0 Å². The fourth-order valence-corrected chi connectivity index (χ4v) is 9.47. The van der Waals surface area contributed by atoms with E-state index in [1.165, 1.54) is 63.4 Å². The lowest BCUT2D eigenvalue weighted by molar-refractivity contribution is -0.0962. The maximum Gasteiger partial charge on any atom is 0.0594 e. The summed E-state index contributed by atoms with van der Waals surface area (Å²) in [6.45, 7) is 19.6. The first-order valence-electron chi connectivity index (χ1n) is 13.4. The van der Waals surface area contributed by atoms with Crippen molar-refractivity contribution in [2.75, 3.05) is 0 Å². The summed E-state index contributed by atoms with van der Waals surface area (Å²) in [5.41, 5.74) is 6.41. The van der Waals surface area contributed by atoms with Crippen LogP contribution in [0.3, 0.4) is 0 Å². The van der Waals surface area contributed by atoms with Gasteiger partial charge in [0.2, 0.25) is 0 Å². The molecular formula is C30H50O. The zero-order chi connectivity index (χ0) is 22.8. The monoisotopic (exact) mass is 426 g/mol. The average molecular weight is 427 g/mol. The third kappa shape index (κ3) is 3.34. The van der Waals surface area contributed by atoms with Gasteiger partial charge in [-0.25, -0.2) is 0 Å². The van der Waals surface area contributed by atoms with E-state index in [9.17, 15) is 5.11 Å². The van der Waals surface area contributed by atoms with Crippen LogP contribution in [0, 0.1) is 39.4 Å². The van der Waals surface area contributed by atoms with E-state index >= 15 is 0 Å². The van der Waals surface area contributed by atoms with Gasteiger partial charge in [-0.1, -0.05) is 64.3 Å². The SMILES string of the molecule is CC(C)=CCC[C@@H](C)[C@@H]1CCC2(C)C3=C(CC[C@@]12C)C1(C)CC[C@H](O)C(C)(C)[C@@H]1CC3. The van der Waals surface area contributed by atoms with Gasteiger partial charge in [-0.15, -0.1) is 0 Å². The summed E-state index contributed by atoms with van der Waals surface area (Å²) in [5.74, 6) is 2.32. The molecule has 0 radical (unpaired) electrons. The van der Waals surface area contributed by atoms with Gasteiger partial charge in [0, 0.05) is 0 Å². The predicted octanol–water partition coefficient (Wildman–Crippen LogP) is 8.48. The standard InChI is InChI=1S/C30H50O/c1-20(2)10-9-11-21(3)22-14-18-30(8)24-12-13-25-27(4,5)26(31)16-17-28(25,6)23(24)15-19-29(22,30)7/h10,21-22,25-26,31H,9,11-19H2,1-8H3/t21-,22+,25+,26+,28?,29+,30?/m1/s1. The third-order valence-electron chi connectivity index (χ3n) is 11.7. The minimum absolute atomic E-state index is 0.0465. The molecule has 176 valence electrons. The van der Waals surface area contributed by atoms with Crippen LogP contribution in [0.4, 0.5) is 0 Å². The van der Waals surface area contributed by atoms with Crippen LogP contribution in [0.2, 0.25) is 0 Å². The average Bonchev–Trinajstić information content (AvgIpc) is 2.96. The number of hydrogen-bond donors (Lipinski definition) is 1. The van der Waals surface area contributed by atoms with Gasteiger partial charge in [0.25, 0.3) is 0 Å². The van der Waals surface area contributed by atoms with Crippen LogP contribution in [-0.2, 0) is 0 Å². The summed E-state index contributed by atoms with van der Waals surface area (Å²) in [6.07, 6.45) is 15.2. The molecule has 2 fully saturated rings. The molecule has 4 aliphatic carbocycles. The second-order valence-corrected chi connectivity index (χ2v) is 13.6. The quantitative estimate of drug-likeness (QED) is 0.447. The number of allylic oxidation sites excluding steroid dienone is 4. The minimum Gasteiger partial charge on any atom is -0.393 e. The molecule has 0 aromatic carbocycles.